The topological polar surface area (TPSA) is 137 Å². The van der Waals surface area contributed by atoms with Crippen LogP contribution in [0, 0.1) is 0 Å². The zero-order chi connectivity index (χ0) is 23.4. The third-order valence-electron chi connectivity index (χ3n) is 5.32. The van der Waals surface area contributed by atoms with Crippen LogP contribution in [-0.4, -0.2) is 32.0 Å². The van der Waals surface area contributed by atoms with E-state index in [2.05, 4.69) is 39.3 Å². The third kappa shape index (κ3) is 4.99. The maximum absolute atomic E-state index is 12.0. The number of primary amides is 1. The predicted octanol–water partition coefficient (Wildman–Crippen LogP) is 3.79. The summed E-state index contributed by atoms with van der Waals surface area (Å²) in [5, 5.41) is 14.9. The van der Waals surface area contributed by atoms with Crippen molar-refractivity contribution in [1.29, 1.82) is 0 Å². The summed E-state index contributed by atoms with van der Waals surface area (Å²) in [5.74, 6) is -0.483. The SMILES string of the molecule is C[C@@H](Nc1ncnc2[nH]c(-c3ccc(N(O)C(=O)CCC(N)=O)cc3)cc12)c1ccccc1. The number of rotatable bonds is 8. The van der Waals surface area contributed by atoms with Gasteiger partial charge in [-0.3, -0.25) is 14.8 Å². The third-order valence-corrected chi connectivity index (χ3v) is 5.32. The Labute approximate surface area is 190 Å². The first-order valence-electron chi connectivity index (χ1n) is 10.5. The molecule has 0 unspecified atom stereocenters. The predicted molar refractivity (Wildman–Crippen MR) is 126 cm³/mol. The Morgan fingerprint density at radius 2 is 1.82 bits per heavy atom. The van der Waals surface area contributed by atoms with E-state index in [1.54, 1.807) is 24.3 Å². The van der Waals surface area contributed by atoms with E-state index in [1.807, 2.05) is 24.3 Å². The van der Waals surface area contributed by atoms with Crippen molar-refractivity contribution in [3.8, 4) is 11.3 Å². The van der Waals surface area contributed by atoms with Crippen LogP contribution in [0.1, 0.15) is 31.4 Å². The molecule has 2 heterocycles. The lowest BCUT2D eigenvalue weighted by Gasteiger charge is -2.15. The maximum Gasteiger partial charge on any atom is 0.251 e. The molecule has 9 heteroatoms. The van der Waals surface area contributed by atoms with Gasteiger partial charge in [0.1, 0.15) is 17.8 Å². The molecule has 2 amide bonds. The monoisotopic (exact) mass is 444 g/mol. The minimum Gasteiger partial charge on any atom is -0.370 e. The van der Waals surface area contributed by atoms with E-state index in [-0.39, 0.29) is 18.9 Å². The number of carbonyl (C=O) groups is 2. The molecule has 0 spiro atoms. The van der Waals surface area contributed by atoms with Crippen molar-refractivity contribution in [1.82, 2.24) is 15.0 Å². The second-order valence-corrected chi connectivity index (χ2v) is 7.66. The zero-order valence-corrected chi connectivity index (χ0v) is 18.0. The Hall–Kier alpha value is -4.24. The summed E-state index contributed by atoms with van der Waals surface area (Å²) in [6, 6.07) is 18.9. The van der Waals surface area contributed by atoms with Gasteiger partial charge in [0.2, 0.25) is 5.91 Å². The molecule has 0 aliphatic carbocycles. The highest BCUT2D eigenvalue weighted by molar-refractivity contribution is 5.94. The number of aromatic amines is 1. The summed E-state index contributed by atoms with van der Waals surface area (Å²) >= 11 is 0. The van der Waals surface area contributed by atoms with E-state index >= 15 is 0 Å². The number of hydroxylamine groups is 1. The first-order chi connectivity index (χ1) is 15.9. The first kappa shape index (κ1) is 22.0. The highest BCUT2D eigenvalue weighted by atomic mass is 16.5. The van der Waals surface area contributed by atoms with Gasteiger partial charge < -0.3 is 16.0 Å². The first-order valence-corrected chi connectivity index (χ1v) is 10.5. The Kier molecular flexibility index (Phi) is 6.32. The summed E-state index contributed by atoms with van der Waals surface area (Å²) in [7, 11) is 0. The lowest BCUT2D eigenvalue weighted by Crippen LogP contribution is -2.28. The van der Waals surface area contributed by atoms with Gasteiger partial charge in [-0.05, 0) is 36.2 Å². The molecule has 1 atom stereocenters. The average molecular weight is 444 g/mol. The molecule has 4 rings (SSSR count). The number of amides is 2. The number of benzene rings is 2. The van der Waals surface area contributed by atoms with Crippen LogP contribution in [-0.2, 0) is 9.59 Å². The van der Waals surface area contributed by atoms with Crippen molar-refractivity contribution in [2.45, 2.75) is 25.8 Å². The number of aromatic nitrogens is 3. The van der Waals surface area contributed by atoms with Crippen LogP contribution in [0.25, 0.3) is 22.3 Å². The van der Waals surface area contributed by atoms with Gasteiger partial charge in [0.05, 0.1) is 11.1 Å². The molecule has 33 heavy (non-hydrogen) atoms. The molecule has 4 aromatic rings. The summed E-state index contributed by atoms with van der Waals surface area (Å²) in [4.78, 5) is 34.9. The number of hydrogen-bond acceptors (Lipinski definition) is 6. The Morgan fingerprint density at radius 1 is 1.09 bits per heavy atom. The fourth-order valence-corrected chi connectivity index (χ4v) is 3.50. The highest BCUT2D eigenvalue weighted by Crippen LogP contribution is 2.29. The van der Waals surface area contributed by atoms with Crippen LogP contribution in [0.5, 0.6) is 0 Å². The van der Waals surface area contributed by atoms with Crippen LogP contribution in [0.3, 0.4) is 0 Å². The van der Waals surface area contributed by atoms with Crippen LogP contribution < -0.4 is 16.1 Å². The molecular weight excluding hydrogens is 420 g/mol. The van der Waals surface area contributed by atoms with Crippen LogP contribution in [0.15, 0.2) is 67.0 Å². The van der Waals surface area contributed by atoms with Gasteiger partial charge in [0.25, 0.3) is 5.91 Å². The summed E-state index contributed by atoms with van der Waals surface area (Å²) < 4.78 is 0. The number of fused-ring (bicyclic) bond motifs is 1. The summed E-state index contributed by atoms with van der Waals surface area (Å²) in [6.45, 7) is 2.07. The molecular formula is C24H24N6O3. The Morgan fingerprint density at radius 3 is 2.52 bits per heavy atom. The fraction of sp³-hybridized carbons (Fsp3) is 0.167. The highest BCUT2D eigenvalue weighted by Gasteiger charge is 2.16. The van der Waals surface area contributed by atoms with Gasteiger partial charge in [-0.15, -0.1) is 0 Å². The average Bonchev–Trinajstić information content (AvgIpc) is 3.28. The molecule has 2 aromatic heterocycles. The molecule has 0 radical (unpaired) electrons. The number of anilines is 2. The van der Waals surface area contributed by atoms with E-state index in [9.17, 15) is 14.8 Å². The molecule has 2 aromatic carbocycles. The number of hydrogen-bond donors (Lipinski definition) is 4. The van der Waals surface area contributed by atoms with Crippen molar-refractivity contribution >= 4 is 34.4 Å². The number of nitrogens with one attached hydrogen (secondary N) is 2. The minimum absolute atomic E-state index is 0.0598. The fourth-order valence-electron chi connectivity index (χ4n) is 3.50. The van der Waals surface area contributed by atoms with E-state index in [0.29, 0.717) is 16.4 Å². The summed E-state index contributed by atoms with van der Waals surface area (Å²) in [5.41, 5.74) is 8.85. The van der Waals surface area contributed by atoms with Gasteiger partial charge in [-0.2, -0.15) is 5.06 Å². The van der Waals surface area contributed by atoms with Crippen molar-refractivity contribution in [2.24, 2.45) is 5.73 Å². The smallest absolute Gasteiger partial charge is 0.251 e. The quantitative estimate of drug-likeness (QED) is 0.241. The lowest BCUT2D eigenvalue weighted by molar-refractivity contribution is -0.126. The number of carbonyl (C=O) groups excluding carboxylic acids is 2. The van der Waals surface area contributed by atoms with Crippen molar-refractivity contribution in [2.75, 3.05) is 10.4 Å². The van der Waals surface area contributed by atoms with Crippen molar-refractivity contribution in [3.63, 3.8) is 0 Å². The van der Waals surface area contributed by atoms with Gasteiger partial charge in [-0.1, -0.05) is 42.5 Å². The van der Waals surface area contributed by atoms with Crippen LogP contribution in [0.2, 0.25) is 0 Å². The normalized spacial score (nSPS) is 11.8. The molecule has 9 nitrogen and oxygen atoms in total. The van der Waals surface area contributed by atoms with Crippen LogP contribution in [0.4, 0.5) is 11.5 Å². The van der Waals surface area contributed by atoms with Gasteiger partial charge in [0.15, 0.2) is 0 Å². The molecule has 0 fully saturated rings. The van der Waals surface area contributed by atoms with Gasteiger partial charge in [-0.25, -0.2) is 9.97 Å². The van der Waals surface area contributed by atoms with E-state index in [0.717, 1.165) is 28.0 Å². The zero-order valence-electron chi connectivity index (χ0n) is 18.0. The lowest BCUT2D eigenvalue weighted by atomic mass is 10.1. The Balaban J connectivity index is 1.54. The molecule has 168 valence electrons. The van der Waals surface area contributed by atoms with Crippen molar-refractivity contribution < 1.29 is 14.8 Å². The maximum atomic E-state index is 12.0. The Bertz CT molecular complexity index is 1270. The second-order valence-electron chi connectivity index (χ2n) is 7.66. The molecule has 0 bridgehead atoms. The van der Waals surface area contributed by atoms with Gasteiger partial charge in [0, 0.05) is 24.6 Å². The van der Waals surface area contributed by atoms with E-state index < -0.39 is 11.8 Å². The second kappa shape index (κ2) is 9.49. The molecule has 5 N–H and O–H groups in total. The largest absolute Gasteiger partial charge is 0.370 e. The number of nitrogens with two attached hydrogens (primary N) is 1. The standard InChI is InChI=1S/C24H24N6O3/c1-15(16-5-3-2-4-6-16)28-23-19-13-20(29-24(19)27-14-26-23)17-7-9-18(10-8-17)30(33)22(32)12-11-21(25)31/h2-10,13-15,33H,11-12H2,1H3,(H2,25,31)(H2,26,27,28,29)/t15-/m1/s1. The van der Waals surface area contributed by atoms with Crippen LogP contribution >= 0.6 is 0 Å². The van der Waals surface area contributed by atoms with E-state index in [4.69, 9.17) is 5.73 Å². The summed E-state index contributed by atoms with van der Waals surface area (Å²) in [6.07, 6.45) is 1.22. The molecule has 0 saturated carbocycles. The molecule has 0 saturated heterocycles. The molecule has 0 aliphatic rings. The van der Waals surface area contributed by atoms with Crippen molar-refractivity contribution in [3.05, 3.63) is 72.6 Å². The number of nitrogens with zero attached hydrogens (tertiary/aromatic N) is 3. The molecule has 0 aliphatic heterocycles. The minimum atomic E-state index is -0.606. The van der Waals surface area contributed by atoms with Gasteiger partial charge >= 0.3 is 0 Å². The van der Waals surface area contributed by atoms with E-state index in [1.165, 1.54) is 6.33 Å². The number of H-pyrrole nitrogens is 1.